The molecule has 1 aromatic rings. The topological polar surface area (TPSA) is 93.1 Å². The van der Waals surface area contributed by atoms with Crippen LogP contribution in [0.25, 0.3) is 0 Å². The molecular weight excluding hydrogens is 235 g/mol. The zero-order valence-corrected chi connectivity index (χ0v) is 9.25. The Balaban J connectivity index is 2.54. The van der Waals surface area contributed by atoms with E-state index in [0.717, 1.165) is 0 Å². The summed E-state index contributed by atoms with van der Waals surface area (Å²) in [5.41, 5.74) is 0. The number of aliphatic hydroxyl groups is 1. The van der Waals surface area contributed by atoms with Crippen LogP contribution in [-0.2, 0) is 9.36 Å². The van der Waals surface area contributed by atoms with Gasteiger partial charge in [0, 0.05) is 0 Å². The van der Waals surface area contributed by atoms with Crippen molar-refractivity contribution >= 4 is 14.0 Å². The number of ether oxygens (including phenoxy) is 1. The van der Waals surface area contributed by atoms with E-state index in [4.69, 9.17) is 19.5 Å². The fourth-order valence-electron chi connectivity index (χ4n) is 0.913. The summed E-state index contributed by atoms with van der Waals surface area (Å²) in [5, 5.41) is 16.9. The highest BCUT2D eigenvalue weighted by molar-refractivity contribution is 7.39. The van der Waals surface area contributed by atoms with Crippen molar-refractivity contribution in [3.63, 3.8) is 0 Å². The summed E-state index contributed by atoms with van der Waals surface area (Å²) >= 11 is 0. The van der Waals surface area contributed by atoms with Crippen molar-refractivity contribution in [1.29, 1.82) is 0 Å². The van der Waals surface area contributed by atoms with Gasteiger partial charge in [0.25, 0.3) is 8.03 Å². The predicted octanol–water partition coefficient (Wildman–Crippen LogP) is 0.953. The van der Waals surface area contributed by atoms with Gasteiger partial charge in [0.1, 0.15) is 17.8 Å². The molecule has 16 heavy (non-hydrogen) atoms. The van der Waals surface area contributed by atoms with Gasteiger partial charge in [-0.15, -0.1) is 0 Å². The molecule has 0 radical (unpaired) electrons. The molecule has 0 saturated carbocycles. The molecule has 0 bridgehead atoms. The summed E-state index contributed by atoms with van der Waals surface area (Å²) in [6.07, 6.45) is -0.512. The Kier molecular flexibility index (Phi) is 4.82. The lowest BCUT2D eigenvalue weighted by molar-refractivity contribution is -0.139. The van der Waals surface area contributed by atoms with Crippen LogP contribution < -0.4 is 9.26 Å². The van der Waals surface area contributed by atoms with Crippen molar-refractivity contribution in [1.82, 2.24) is 0 Å². The molecule has 1 rings (SSSR count). The third kappa shape index (κ3) is 4.33. The average Bonchev–Trinajstić information content (AvgIpc) is 2.28. The smallest absolute Gasteiger partial charge is 0.341 e. The summed E-state index contributed by atoms with van der Waals surface area (Å²) in [4.78, 5) is 10.2. The van der Waals surface area contributed by atoms with Gasteiger partial charge in [0.15, 0.2) is 6.61 Å². The Morgan fingerprint density at radius 1 is 1.25 bits per heavy atom. The summed E-state index contributed by atoms with van der Waals surface area (Å²) in [6, 6.07) is 5.94. The van der Waals surface area contributed by atoms with Crippen LogP contribution in [0.2, 0.25) is 0 Å². The van der Waals surface area contributed by atoms with Gasteiger partial charge in [0.2, 0.25) is 0 Å². The summed E-state index contributed by atoms with van der Waals surface area (Å²) in [5.74, 6) is -0.357. The Bertz CT molecular complexity index is 374. The molecule has 7 heteroatoms. The Morgan fingerprint density at radius 2 is 1.81 bits per heavy atom. The van der Waals surface area contributed by atoms with E-state index >= 15 is 0 Å². The van der Waals surface area contributed by atoms with Crippen LogP contribution in [0, 0.1) is 0 Å². The van der Waals surface area contributed by atoms with E-state index < -0.39 is 27.0 Å². The van der Waals surface area contributed by atoms with E-state index in [9.17, 15) is 9.36 Å². The number of aliphatic hydroxyl groups excluding tert-OH is 1. The Labute approximate surface area is 92.3 Å². The lowest BCUT2D eigenvalue weighted by atomic mass is 10.3. The normalized spacial score (nSPS) is 11.8. The SMILES string of the molecule is O=C(O)COc1ccc(O[PH](=O)CO)cc1. The highest BCUT2D eigenvalue weighted by atomic mass is 31.1. The molecule has 1 atom stereocenters. The van der Waals surface area contributed by atoms with Crippen molar-refractivity contribution in [3.05, 3.63) is 24.3 Å². The van der Waals surface area contributed by atoms with Crippen LogP contribution in [0.15, 0.2) is 24.3 Å². The lowest BCUT2D eigenvalue weighted by Crippen LogP contribution is -2.09. The van der Waals surface area contributed by atoms with Crippen molar-refractivity contribution < 1.29 is 28.8 Å². The first kappa shape index (κ1) is 12.5. The quantitative estimate of drug-likeness (QED) is 0.726. The minimum atomic E-state index is -2.45. The molecule has 2 N–H and O–H groups in total. The molecular formula is C9H11O6P. The first-order valence-electron chi connectivity index (χ1n) is 4.38. The first-order valence-corrected chi connectivity index (χ1v) is 5.90. The van der Waals surface area contributed by atoms with Crippen molar-refractivity contribution in [2.45, 2.75) is 0 Å². The zero-order valence-electron chi connectivity index (χ0n) is 8.25. The molecule has 0 aliphatic carbocycles. The minimum absolute atomic E-state index is 0.334. The number of rotatable bonds is 6. The number of aliphatic carboxylic acids is 1. The van der Waals surface area contributed by atoms with Crippen LogP contribution in [-0.4, -0.2) is 29.1 Å². The number of carboxylic acid groups (broad SMARTS) is 1. The Hall–Kier alpha value is -1.52. The molecule has 0 aromatic heterocycles. The maximum atomic E-state index is 10.9. The number of carbonyl (C=O) groups is 1. The molecule has 6 nitrogen and oxygen atoms in total. The lowest BCUT2D eigenvalue weighted by Gasteiger charge is -2.05. The third-order valence-corrected chi connectivity index (χ3v) is 2.27. The van der Waals surface area contributed by atoms with E-state index in [2.05, 4.69) is 0 Å². The number of hydrogen-bond donors (Lipinski definition) is 2. The molecule has 88 valence electrons. The van der Waals surface area contributed by atoms with Crippen LogP contribution >= 0.6 is 8.03 Å². The maximum absolute atomic E-state index is 10.9. The van der Waals surface area contributed by atoms with Crippen LogP contribution in [0.1, 0.15) is 0 Å². The van der Waals surface area contributed by atoms with E-state index in [1.54, 1.807) is 0 Å². The molecule has 1 aromatic carbocycles. The van der Waals surface area contributed by atoms with Gasteiger partial charge in [-0.1, -0.05) is 0 Å². The Morgan fingerprint density at radius 3 is 2.31 bits per heavy atom. The standard InChI is InChI=1S/C9H11O6P/c10-6-16(13)15-8-3-1-7(2-4-8)14-5-9(11)12/h1-4,10,16H,5-6H2,(H,11,12). The van der Waals surface area contributed by atoms with Crippen LogP contribution in [0.3, 0.4) is 0 Å². The van der Waals surface area contributed by atoms with Gasteiger partial charge >= 0.3 is 5.97 Å². The van der Waals surface area contributed by atoms with Gasteiger partial charge in [-0.2, -0.15) is 0 Å². The minimum Gasteiger partial charge on any atom is -0.482 e. The highest BCUT2D eigenvalue weighted by Gasteiger charge is 2.02. The van der Waals surface area contributed by atoms with Crippen molar-refractivity contribution in [2.75, 3.05) is 13.0 Å². The molecule has 0 aliphatic heterocycles. The number of hydrogen-bond acceptors (Lipinski definition) is 5. The molecule has 0 spiro atoms. The van der Waals surface area contributed by atoms with E-state index in [-0.39, 0.29) is 0 Å². The van der Waals surface area contributed by atoms with Gasteiger partial charge in [0.05, 0.1) is 0 Å². The molecule has 0 fully saturated rings. The summed E-state index contributed by atoms with van der Waals surface area (Å²) in [6.45, 7) is -0.423. The zero-order chi connectivity index (χ0) is 12.0. The summed E-state index contributed by atoms with van der Waals surface area (Å²) in [7, 11) is -2.45. The molecule has 0 heterocycles. The van der Waals surface area contributed by atoms with Crippen LogP contribution in [0.4, 0.5) is 0 Å². The van der Waals surface area contributed by atoms with Gasteiger partial charge < -0.3 is 19.5 Å². The first-order chi connectivity index (χ1) is 7.61. The average molecular weight is 246 g/mol. The second kappa shape index (κ2) is 6.15. The maximum Gasteiger partial charge on any atom is 0.341 e. The van der Waals surface area contributed by atoms with Gasteiger partial charge in [-0.05, 0) is 24.3 Å². The van der Waals surface area contributed by atoms with Gasteiger partial charge in [-0.25, -0.2) is 4.79 Å². The van der Waals surface area contributed by atoms with E-state index in [1.807, 2.05) is 0 Å². The fraction of sp³-hybridized carbons (Fsp3) is 0.222. The molecule has 1 unspecified atom stereocenters. The third-order valence-electron chi connectivity index (χ3n) is 1.55. The monoisotopic (exact) mass is 246 g/mol. The number of benzene rings is 1. The molecule has 0 amide bonds. The number of carboxylic acids is 1. The second-order valence-electron chi connectivity index (χ2n) is 2.79. The van der Waals surface area contributed by atoms with Crippen molar-refractivity contribution in [2.24, 2.45) is 0 Å². The van der Waals surface area contributed by atoms with E-state index in [0.29, 0.717) is 11.5 Å². The molecule has 0 aliphatic rings. The largest absolute Gasteiger partial charge is 0.482 e. The highest BCUT2D eigenvalue weighted by Crippen LogP contribution is 2.27. The molecule has 0 saturated heterocycles. The van der Waals surface area contributed by atoms with E-state index in [1.165, 1.54) is 24.3 Å². The van der Waals surface area contributed by atoms with Crippen molar-refractivity contribution in [3.8, 4) is 11.5 Å². The van der Waals surface area contributed by atoms with Gasteiger partial charge in [-0.3, -0.25) is 4.57 Å². The fourth-order valence-corrected chi connectivity index (χ4v) is 1.38. The second-order valence-corrected chi connectivity index (χ2v) is 4.05. The van der Waals surface area contributed by atoms with Crippen LogP contribution in [0.5, 0.6) is 11.5 Å². The predicted molar refractivity (Wildman–Crippen MR) is 56.3 cm³/mol. The summed E-state index contributed by atoms with van der Waals surface area (Å²) < 4.78 is 20.6.